The molecular weight excluding hydrogens is 244 g/mol. The van der Waals surface area contributed by atoms with E-state index in [1.54, 1.807) is 6.92 Å². The molecule has 0 amide bonds. The van der Waals surface area contributed by atoms with E-state index in [4.69, 9.17) is 5.73 Å². The molecular formula is C16H17F2N. The molecule has 0 aliphatic heterocycles. The summed E-state index contributed by atoms with van der Waals surface area (Å²) in [5, 5.41) is 0. The number of nitrogens with two attached hydrogens (primary N) is 1. The lowest BCUT2D eigenvalue weighted by Gasteiger charge is -2.27. The summed E-state index contributed by atoms with van der Waals surface area (Å²) >= 11 is 0. The summed E-state index contributed by atoms with van der Waals surface area (Å²) in [5.41, 5.74) is 7.76. The third-order valence-corrected chi connectivity index (χ3v) is 3.59. The monoisotopic (exact) mass is 261 g/mol. The normalized spacial score (nSPS) is 14.2. The van der Waals surface area contributed by atoms with Gasteiger partial charge < -0.3 is 5.73 Å². The molecule has 0 fully saturated rings. The van der Waals surface area contributed by atoms with E-state index < -0.39 is 17.2 Å². The van der Waals surface area contributed by atoms with E-state index >= 15 is 0 Å². The molecule has 0 aromatic heterocycles. The third kappa shape index (κ3) is 2.38. The summed E-state index contributed by atoms with van der Waals surface area (Å²) in [6, 6.07) is 9.39. The third-order valence-electron chi connectivity index (χ3n) is 3.59. The minimum Gasteiger partial charge on any atom is -0.318 e. The fourth-order valence-corrected chi connectivity index (χ4v) is 2.20. The van der Waals surface area contributed by atoms with Crippen LogP contribution in [0.4, 0.5) is 8.78 Å². The molecule has 3 heteroatoms. The number of aryl methyl sites for hydroxylation is 2. The topological polar surface area (TPSA) is 26.0 Å². The van der Waals surface area contributed by atoms with Crippen molar-refractivity contribution in [2.75, 3.05) is 0 Å². The maximum absolute atomic E-state index is 13.9. The van der Waals surface area contributed by atoms with E-state index in [1.165, 1.54) is 18.2 Å². The highest BCUT2D eigenvalue weighted by atomic mass is 19.1. The molecule has 0 bridgehead atoms. The quantitative estimate of drug-likeness (QED) is 0.874. The molecule has 0 saturated heterocycles. The van der Waals surface area contributed by atoms with Crippen molar-refractivity contribution >= 4 is 0 Å². The molecule has 1 atom stereocenters. The summed E-state index contributed by atoms with van der Waals surface area (Å²) < 4.78 is 27.8. The highest BCUT2D eigenvalue weighted by molar-refractivity contribution is 5.42. The average molecular weight is 261 g/mol. The Morgan fingerprint density at radius 2 is 1.53 bits per heavy atom. The van der Waals surface area contributed by atoms with E-state index in [2.05, 4.69) is 0 Å². The molecule has 2 rings (SSSR count). The maximum Gasteiger partial charge on any atom is 0.131 e. The highest BCUT2D eigenvalue weighted by Crippen LogP contribution is 2.31. The van der Waals surface area contributed by atoms with Gasteiger partial charge in [0.1, 0.15) is 11.6 Å². The Morgan fingerprint density at radius 3 is 2.05 bits per heavy atom. The van der Waals surface area contributed by atoms with Gasteiger partial charge in [0, 0.05) is 5.56 Å². The van der Waals surface area contributed by atoms with Gasteiger partial charge in [-0.1, -0.05) is 24.3 Å². The Hall–Kier alpha value is -1.74. The van der Waals surface area contributed by atoms with Gasteiger partial charge in [0.25, 0.3) is 0 Å². The van der Waals surface area contributed by atoms with Crippen LogP contribution in [-0.2, 0) is 5.54 Å². The second-order valence-corrected chi connectivity index (χ2v) is 5.10. The largest absolute Gasteiger partial charge is 0.318 e. The molecule has 19 heavy (non-hydrogen) atoms. The maximum atomic E-state index is 13.9. The number of hydrogen-bond donors (Lipinski definition) is 1. The Balaban J connectivity index is 2.61. The van der Waals surface area contributed by atoms with Crippen molar-refractivity contribution in [3.8, 4) is 0 Å². The number of halogens is 2. The molecule has 2 aromatic rings. The van der Waals surface area contributed by atoms with Gasteiger partial charge in [0.2, 0.25) is 0 Å². The lowest BCUT2D eigenvalue weighted by molar-refractivity contribution is 0.482. The summed E-state index contributed by atoms with van der Waals surface area (Å²) in [4.78, 5) is 0. The molecule has 0 aliphatic rings. The van der Waals surface area contributed by atoms with Crippen molar-refractivity contribution in [2.45, 2.75) is 26.3 Å². The second-order valence-electron chi connectivity index (χ2n) is 5.10. The fourth-order valence-electron chi connectivity index (χ4n) is 2.20. The lowest BCUT2D eigenvalue weighted by atomic mass is 9.84. The Morgan fingerprint density at radius 1 is 0.947 bits per heavy atom. The molecule has 0 spiro atoms. The van der Waals surface area contributed by atoms with Gasteiger partial charge in [0.15, 0.2) is 0 Å². The molecule has 100 valence electrons. The van der Waals surface area contributed by atoms with E-state index in [9.17, 15) is 8.78 Å². The standard InChI is InChI=1S/C16H17F2N/c1-10-7-8-12(9-11(10)2)16(3,19)15-13(17)5-4-6-14(15)18/h4-9H,19H2,1-3H3. The van der Waals surface area contributed by atoms with Crippen LogP contribution in [0, 0.1) is 25.5 Å². The fraction of sp³-hybridized carbons (Fsp3) is 0.250. The van der Waals surface area contributed by atoms with Crippen LogP contribution >= 0.6 is 0 Å². The molecule has 0 radical (unpaired) electrons. The van der Waals surface area contributed by atoms with Gasteiger partial charge >= 0.3 is 0 Å². The summed E-state index contributed by atoms with van der Waals surface area (Å²) in [6.07, 6.45) is 0. The Labute approximate surface area is 112 Å². The van der Waals surface area contributed by atoms with Crippen LogP contribution in [0.5, 0.6) is 0 Å². The van der Waals surface area contributed by atoms with Crippen LogP contribution in [0.25, 0.3) is 0 Å². The van der Waals surface area contributed by atoms with Crippen LogP contribution in [0.3, 0.4) is 0 Å². The number of hydrogen-bond acceptors (Lipinski definition) is 1. The van der Waals surface area contributed by atoms with Crippen LogP contribution in [0.15, 0.2) is 36.4 Å². The summed E-state index contributed by atoms with van der Waals surface area (Å²) in [7, 11) is 0. The Bertz CT molecular complexity index is 598. The zero-order valence-electron chi connectivity index (χ0n) is 11.3. The smallest absolute Gasteiger partial charge is 0.131 e. The van der Waals surface area contributed by atoms with Gasteiger partial charge in [0.05, 0.1) is 5.54 Å². The van der Waals surface area contributed by atoms with Gasteiger partial charge in [-0.05, 0) is 49.6 Å². The highest BCUT2D eigenvalue weighted by Gasteiger charge is 2.30. The first-order chi connectivity index (χ1) is 8.84. The predicted octanol–water partition coefficient (Wildman–Crippen LogP) is 3.80. The van der Waals surface area contributed by atoms with Crippen LogP contribution in [-0.4, -0.2) is 0 Å². The van der Waals surface area contributed by atoms with Crippen LogP contribution in [0.2, 0.25) is 0 Å². The Kier molecular flexibility index (Phi) is 3.42. The summed E-state index contributed by atoms with van der Waals surface area (Å²) in [6.45, 7) is 5.56. The second kappa shape index (κ2) is 4.74. The average Bonchev–Trinajstić information content (AvgIpc) is 2.32. The van der Waals surface area contributed by atoms with Crippen molar-refractivity contribution in [1.82, 2.24) is 0 Å². The number of rotatable bonds is 2. The zero-order chi connectivity index (χ0) is 14.2. The van der Waals surface area contributed by atoms with E-state index in [1.807, 2.05) is 32.0 Å². The molecule has 0 saturated carbocycles. The lowest BCUT2D eigenvalue weighted by Crippen LogP contribution is -2.36. The van der Waals surface area contributed by atoms with Crippen molar-refractivity contribution in [3.63, 3.8) is 0 Å². The van der Waals surface area contributed by atoms with E-state index in [0.29, 0.717) is 5.56 Å². The van der Waals surface area contributed by atoms with Crippen molar-refractivity contribution in [1.29, 1.82) is 0 Å². The minimum atomic E-state index is -1.20. The molecule has 2 N–H and O–H groups in total. The van der Waals surface area contributed by atoms with Gasteiger partial charge in [-0.15, -0.1) is 0 Å². The van der Waals surface area contributed by atoms with Gasteiger partial charge in [-0.3, -0.25) is 0 Å². The first-order valence-corrected chi connectivity index (χ1v) is 6.15. The van der Waals surface area contributed by atoms with Crippen LogP contribution in [0.1, 0.15) is 29.2 Å². The molecule has 1 unspecified atom stereocenters. The van der Waals surface area contributed by atoms with Gasteiger partial charge in [-0.25, -0.2) is 8.78 Å². The summed E-state index contributed by atoms with van der Waals surface area (Å²) in [5.74, 6) is -1.24. The van der Waals surface area contributed by atoms with E-state index in [0.717, 1.165) is 11.1 Å². The predicted molar refractivity (Wildman–Crippen MR) is 72.9 cm³/mol. The first-order valence-electron chi connectivity index (χ1n) is 6.15. The minimum absolute atomic E-state index is 0.0988. The van der Waals surface area contributed by atoms with Crippen molar-refractivity contribution in [3.05, 3.63) is 70.3 Å². The molecule has 0 aliphatic carbocycles. The van der Waals surface area contributed by atoms with Crippen molar-refractivity contribution < 1.29 is 8.78 Å². The van der Waals surface area contributed by atoms with Gasteiger partial charge in [-0.2, -0.15) is 0 Å². The van der Waals surface area contributed by atoms with E-state index in [-0.39, 0.29) is 5.56 Å². The first kappa shape index (κ1) is 13.7. The van der Waals surface area contributed by atoms with Crippen LogP contribution < -0.4 is 5.73 Å². The molecule has 2 aromatic carbocycles. The zero-order valence-corrected chi connectivity index (χ0v) is 11.3. The molecule has 0 heterocycles. The SMILES string of the molecule is Cc1ccc(C(C)(N)c2c(F)cccc2F)cc1C. The molecule has 1 nitrogen and oxygen atoms in total. The van der Waals surface area contributed by atoms with Crippen molar-refractivity contribution in [2.24, 2.45) is 5.73 Å². The number of benzene rings is 2.